The number of halogens is 3. The lowest BCUT2D eigenvalue weighted by atomic mass is 10.1. The first-order valence-corrected chi connectivity index (χ1v) is 6.40. The van der Waals surface area contributed by atoms with E-state index in [2.05, 4.69) is 15.0 Å². The third-order valence-electron chi connectivity index (χ3n) is 2.90. The number of pyridine rings is 1. The highest BCUT2D eigenvalue weighted by Gasteiger charge is 2.37. The van der Waals surface area contributed by atoms with E-state index < -0.39 is 29.1 Å². The summed E-state index contributed by atoms with van der Waals surface area (Å²) in [7, 11) is 0. The van der Waals surface area contributed by atoms with E-state index in [4.69, 9.17) is 0 Å². The molecule has 0 spiro atoms. The second-order valence-electron chi connectivity index (χ2n) is 4.49. The van der Waals surface area contributed by atoms with E-state index in [0.29, 0.717) is 11.0 Å². The highest BCUT2D eigenvalue weighted by Crippen LogP contribution is 2.32. The molecule has 6 nitrogen and oxygen atoms in total. The molecule has 0 unspecified atom stereocenters. The first-order chi connectivity index (χ1) is 10.8. The van der Waals surface area contributed by atoms with Crippen LogP contribution in [0.4, 0.5) is 13.2 Å². The van der Waals surface area contributed by atoms with Crippen molar-refractivity contribution < 1.29 is 22.8 Å². The Morgan fingerprint density at radius 2 is 1.83 bits per heavy atom. The van der Waals surface area contributed by atoms with Crippen LogP contribution in [0.2, 0.25) is 0 Å². The van der Waals surface area contributed by atoms with Crippen molar-refractivity contribution in [3.05, 3.63) is 53.9 Å². The molecule has 0 bridgehead atoms. The molecule has 2 amide bonds. The average Bonchev–Trinajstić information content (AvgIpc) is 2.52. The lowest BCUT2D eigenvalue weighted by molar-refractivity contribution is -0.138. The summed E-state index contributed by atoms with van der Waals surface area (Å²) in [6, 6.07) is 2.22. The standard InChI is InChI=1S/C14H11F3N4O2/c1-9(22)21(8-12-19-4-2-5-20-12)13(23)10-7-18-6-3-11(10)14(15,16)17/h2-7H,8H2,1H3. The largest absolute Gasteiger partial charge is 0.417 e. The summed E-state index contributed by atoms with van der Waals surface area (Å²) in [5, 5.41) is 0. The van der Waals surface area contributed by atoms with Crippen LogP contribution in [-0.4, -0.2) is 31.7 Å². The first kappa shape index (κ1) is 16.5. The van der Waals surface area contributed by atoms with Crippen LogP contribution in [0.25, 0.3) is 0 Å². The van der Waals surface area contributed by atoms with E-state index in [1.807, 2.05) is 0 Å². The quantitative estimate of drug-likeness (QED) is 0.864. The number of hydrogen-bond acceptors (Lipinski definition) is 5. The number of imide groups is 1. The van der Waals surface area contributed by atoms with Gasteiger partial charge in [-0.15, -0.1) is 0 Å². The minimum Gasteiger partial charge on any atom is -0.275 e. The summed E-state index contributed by atoms with van der Waals surface area (Å²) in [5.41, 5.74) is -1.86. The predicted molar refractivity (Wildman–Crippen MR) is 71.8 cm³/mol. The van der Waals surface area contributed by atoms with E-state index in [1.165, 1.54) is 18.5 Å². The fraction of sp³-hybridized carbons (Fsp3) is 0.214. The Kier molecular flexibility index (Phi) is 4.68. The Labute approximate surface area is 129 Å². The lowest BCUT2D eigenvalue weighted by Gasteiger charge is -2.20. The minimum absolute atomic E-state index is 0.133. The molecule has 0 N–H and O–H groups in total. The second kappa shape index (κ2) is 6.51. The van der Waals surface area contributed by atoms with Gasteiger partial charge in [0, 0.05) is 31.7 Å². The Hall–Kier alpha value is -2.84. The summed E-state index contributed by atoms with van der Waals surface area (Å²) in [6.45, 7) is 0.742. The molecule has 0 saturated heterocycles. The molecule has 9 heteroatoms. The molecule has 2 rings (SSSR count). The Balaban J connectivity index is 2.38. The van der Waals surface area contributed by atoms with Crippen molar-refractivity contribution in [2.75, 3.05) is 0 Å². The van der Waals surface area contributed by atoms with Crippen LogP contribution in [0, 0.1) is 0 Å². The Bertz CT molecular complexity index is 719. The normalized spacial score (nSPS) is 11.1. The van der Waals surface area contributed by atoms with Crippen LogP contribution in [0.1, 0.15) is 28.7 Å². The fourth-order valence-electron chi connectivity index (χ4n) is 1.84. The highest BCUT2D eigenvalue weighted by molar-refractivity contribution is 6.04. The molecule has 120 valence electrons. The van der Waals surface area contributed by atoms with Gasteiger partial charge in [0.2, 0.25) is 5.91 Å². The molecule has 0 aliphatic rings. The van der Waals surface area contributed by atoms with Crippen LogP contribution in [-0.2, 0) is 17.5 Å². The molecule has 0 aliphatic carbocycles. The molecule has 23 heavy (non-hydrogen) atoms. The van der Waals surface area contributed by atoms with Gasteiger partial charge in [0.05, 0.1) is 17.7 Å². The van der Waals surface area contributed by atoms with Gasteiger partial charge in [-0.25, -0.2) is 9.97 Å². The fourth-order valence-corrected chi connectivity index (χ4v) is 1.84. The van der Waals surface area contributed by atoms with Crippen molar-refractivity contribution in [3.8, 4) is 0 Å². The van der Waals surface area contributed by atoms with E-state index >= 15 is 0 Å². The number of carbonyl (C=O) groups is 2. The number of nitrogens with zero attached hydrogens (tertiary/aromatic N) is 4. The lowest BCUT2D eigenvalue weighted by Crippen LogP contribution is -2.36. The summed E-state index contributed by atoms with van der Waals surface area (Å²) >= 11 is 0. The van der Waals surface area contributed by atoms with Crippen molar-refractivity contribution >= 4 is 11.8 Å². The maximum atomic E-state index is 13.0. The minimum atomic E-state index is -4.74. The molecule has 0 aliphatic heterocycles. The Morgan fingerprint density at radius 1 is 1.17 bits per heavy atom. The van der Waals surface area contributed by atoms with Crippen LogP contribution < -0.4 is 0 Å². The van der Waals surface area contributed by atoms with Crippen LogP contribution in [0.3, 0.4) is 0 Å². The molecule has 0 fully saturated rings. The molecule has 2 heterocycles. The summed E-state index contributed by atoms with van der Waals surface area (Å²) in [5.74, 6) is -1.70. The van der Waals surface area contributed by atoms with E-state index in [1.54, 1.807) is 0 Å². The molecule has 2 aromatic heterocycles. The maximum absolute atomic E-state index is 13.0. The van der Waals surface area contributed by atoms with Gasteiger partial charge in [0.25, 0.3) is 5.91 Å². The zero-order valence-electron chi connectivity index (χ0n) is 11.9. The van der Waals surface area contributed by atoms with Gasteiger partial charge < -0.3 is 0 Å². The number of hydrogen-bond donors (Lipinski definition) is 0. The van der Waals surface area contributed by atoms with Crippen molar-refractivity contribution in [2.45, 2.75) is 19.6 Å². The molecular weight excluding hydrogens is 313 g/mol. The number of alkyl halides is 3. The Morgan fingerprint density at radius 3 is 2.39 bits per heavy atom. The zero-order valence-corrected chi connectivity index (χ0v) is 11.9. The predicted octanol–water partition coefficient (Wildman–Crippen LogP) is 2.08. The first-order valence-electron chi connectivity index (χ1n) is 6.40. The average molecular weight is 324 g/mol. The van der Waals surface area contributed by atoms with Gasteiger partial charge in [-0.2, -0.15) is 13.2 Å². The maximum Gasteiger partial charge on any atom is 0.417 e. The molecule has 0 radical (unpaired) electrons. The topological polar surface area (TPSA) is 76.1 Å². The van der Waals surface area contributed by atoms with Crippen molar-refractivity contribution in [1.82, 2.24) is 19.9 Å². The van der Waals surface area contributed by atoms with E-state index in [9.17, 15) is 22.8 Å². The van der Waals surface area contributed by atoms with Gasteiger partial charge in [0.1, 0.15) is 5.82 Å². The third kappa shape index (κ3) is 3.87. The number of aromatic nitrogens is 3. The molecule has 2 aromatic rings. The number of amides is 2. The van der Waals surface area contributed by atoms with Gasteiger partial charge in [-0.1, -0.05) is 0 Å². The van der Waals surface area contributed by atoms with Gasteiger partial charge >= 0.3 is 6.18 Å². The van der Waals surface area contributed by atoms with Gasteiger partial charge in [0.15, 0.2) is 0 Å². The summed E-state index contributed by atoms with van der Waals surface area (Å²) in [4.78, 5) is 35.9. The summed E-state index contributed by atoms with van der Waals surface area (Å²) < 4.78 is 39.0. The van der Waals surface area contributed by atoms with Crippen molar-refractivity contribution in [2.24, 2.45) is 0 Å². The summed E-state index contributed by atoms with van der Waals surface area (Å²) in [6.07, 6.45) is -0.225. The van der Waals surface area contributed by atoms with Gasteiger partial charge in [-0.3, -0.25) is 19.5 Å². The second-order valence-corrected chi connectivity index (χ2v) is 4.49. The van der Waals surface area contributed by atoms with Gasteiger partial charge in [-0.05, 0) is 12.1 Å². The molecule has 0 saturated carbocycles. The monoisotopic (exact) mass is 324 g/mol. The zero-order chi connectivity index (χ0) is 17.0. The highest BCUT2D eigenvalue weighted by atomic mass is 19.4. The molecular formula is C14H11F3N4O2. The SMILES string of the molecule is CC(=O)N(Cc1ncccn1)C(=O)c1cnccc1C(F)(F)F. The van der Waals surface area contributed by atoms with E-state index in [-0.39, 0.29) is 12.4 Å². The number of rotatable bonds is 3. The molecule has 0 atom stereocenters. The van der Waals surface area contributed by atoms with Crippen LogP contribution in [0.5, 0.6) is 0 Å². The third-order valence-corrected chi connectivity index (χ3v) is 2.90. The van der Waals surface area contributed by atoms with E-state index in [0.717, 1.165) is 19.3 Å². The number of carbonyl (C=O) groups excluding carboxylic acids is 2. The molecule has 0 aromatic carbocycles. The van der Waals surface area contributed by atoms with Crippen LogP contribution >= 0.6 is 0 Å². The van der Waals surface area contributed by atoms with Crippen LogP contribution in [0.15, 0.2) is 36.9 Å². The van der Waals surface area contributed by atoms with Crippen molar-refractivity contribution in [1.29, 1.82) is 0 Å². The smallest absolute Gasteiger partial charge is 0.275 e. The van der Waals surface area contributed by atoms with Crippen molar-refractivity contribution in [3.63, 3.8) is 0 Å².